The number of halogens is 1. The van der Waals surface area contributed by atoms with Gasteiger partial charge in [0.1, 0.15) is 0 Å². The van der Waals surface area contributed by atoms with E-state index in [1.165, 1.54) is 4.88 Å². The molecule has 1 saturated carbocycles. The third kappa shape index (κ3) is 3.57. The van der Waals surface area contributed by atoms with Crippen molar-refractivity contribution in [1.29, 1.82) is 0 Å². The Morgan fingerprint density at radius 1 is 1.42 bits per heavy atom. The Morgan fingerprint density at radius 3 is 2.63 bits per heavy atom. The van der Waals surface area contributed by atoms with Gasteiger partial charge in [0.15, 0.2) is 0 Å². The van der Waals surface area contributed by atoms with Gasteiger partial charge in [0, 0.05) is 17.8 Å². The summed E-state index contributed by atoms with van der Waals surface area (Å²) in [4.78, 5) is 24.1. The van der Waals surface area contributed by atoms with E-state index in [-0.39, 0.29) is 12.3 Å². The maximum absolute atomic E-state index is 11.8. The Balaban J connectivity index is 1.74. The maximum atomic E-state index is 11.8. The summed E-state index contributed by atoms with van der Waals surface area (Å²) in [6, 6.07) is 4.00. The largest absolute Gasteiger partial charge is 0.481 e. The van der Waals surface area contributed by atoms with Crippen LogP contribution in [0.1, 0.15) is 30.6 Å². The van der Waals surface area contributed by atoms with Gasteiger partial charge in [-0.25, -0.2) is 0 Å². The average molecular weight is 346 g/mol. The van der Waals surface area contributed by atoms with E-state index in [9.17, 15) is 9.59 Å². The van der Waals surface area contributed by atoms with Crippen molar-refractivity contribution in [2.75, 3.05) is 6.54 Å². The van der Waals surface area contributed by atoms with Gasteiger partial charge in [-0.05, 0) is 47.3 Å². The highest BCUT2D eigenvalue weighted by atomic mass is 79.9. The van der Waals surface area contributed by atoms with Gasteiger partial charge in [-0.3, -0.25) is 9.59 Å². The fraction of sp³-hybridized carbons (Fsp3) is 0.538. The molecule has 6 heteroatoms. The number of carbonyl (C=O) groups excluding carboxylic acids is 1. The number of carboxylic acid groups (broad SMARTS) is 1. The van der Waals surface area contributed by atoms with E-state index < -0.39 is 11.4 Å². The van der Waals surface area contributed by atoms with Crippen LogP contribution in [0.2, 0.25) is 0 Å². The van der Waals surface area contributed by atoms with Gasteiger partial charge in [-0.15, -0.1) is 11.3 Å². The van der Waals surface area contributed by atoms with Gasteiger partial charge in [-0.2, -0.15) is 0 Å². The van der Waals surface area contributed by atoms with E-state index >= 15 is 0 Å². The van der Waals surface area contributed by atoms with Crippen LogP contribution in [0, 0.1) is 5.41 Å². The summed E-state index contributed by atoms with van der Waals surface area (Å²) in [6.45, 7) is 0.557. The topological polar surface area (TPSA) is 66.4 Å². The van der Waals surface area contributed by atoms with Gasteiger partial charge < -0.3 is 10.4 Å². The van der Waals surface area contributed by atoms with Crippen molar-refractivity contribution in [3.05, 3.63) is 20.8 Å². The van der Waals surface area contributed by atoms with Crippen molar-refractivity contribution in [3.63, 3.8) is 0 Å². The zero-order chi connectivity index (χ0) is 13.9. The number of nitrogens with one attached hydrogen (secondary N) is 1. The number of carboxylic acids is 1. The molecule has 0 aromatic carbocycles. The first-order chi connectivity index (χ1) is 9.02. The zero-order valence-corrected chi connectivity index (χ0v) is 12.8. The minimum atomic E-state index is -0.837. The maximum Gasteiger partial charge on any atom is 0.310 e. The lowest BCUT2D eigenvalue weighted by molar-refractivity contribution is -0.157. The summed E-state index contributed by atoms with van der Waals surface area (Å²) in [5.74, 6) is -0.992. The Hall–Kier alpha value is -0.880. The summed E-state index contributed by atoms with van der Waals surface area (Å²) in [7, 11) is 0. The minimum absolute atomic E-state index is 0.108. The van der Waals surface area contributed by atoms with E-state index in [1.807, 2.05) is 12.1 Å². The Labute approximate surface area is 124 Å². The summed E-state index contributed by atoms with van der Waals surface area (Å²) in [5, 5.41) is 12.0. The monoisotopic (exact) mass is 345 g/mol. The molecule has 19 heavy (non-hydrogen) atoms. The minimum Gasteiger partial charge on any atom is -0.481 e. The number of amides is 1. The zero-order valence-electron chi connectivity index (χ0n) is 10.4. The summed E-state index contributed by atoms with van der Waals surface area (Å²) in [6.07, 6.45) is 3.03. The number of hydrogen-bond acceptors (Lipinski definition) is 3. The molecule has 0 aliphatic heterocycles. The molecule has 1 amide bonds. The molecule has 0 spiro atoms. The van der Waals surface area contributed by atoms with Gasteiger partial charge >= 0.3 is 5.97 Å². The van der Waals surface area contributed by atoms with E-state index in [2.05, 4.69) is 21.2 Å². The standard InChI is InChI=1S/C13H16BrNO3S/c14-10-3-2-9(19-10)4-7-15-11(16)8-13(12(17)18)5-1-6-13/h2-3H,1,4-8H2,(H,15,16)(H,17,18). The van der Waals surface area contributed by atoms with E-state index in [4.69, 9.17) is 5.11 Å². The van der Waals surface area contributed by atoms with Crippen LogP contribution in [-0.4, -0.2) is 23.5 Å². The molecule has 1 aliphatic rings. The highest BCUT2D eigenvalue weighted by molar-refractivity contribution is 9.11. The second kappa shape index (κ2) is 6.05. The highest BCUT2D eigenvalue weighted by Crippen LogP contribution is 2.44. The van der Waals surface area contributed by atoms with Crippen LogP contribution >= 0.6 is 27.3 Å². The van der Waals surface area contributed by atoms with E-state index in [0.717, 1.165) is 16.6 Å². The van der Waals surface area contributed by atoms with E-state index in [1.54, 1.807) is 11.3 Å². The first-order valence-corrected chi connectivity index (χ1v) is 7.87. The van der Waals surface area contributed by atoms with Crippen LogP contribution < -0.4 is 5.32 Å². The fourth-order valence-electron chi connectivity index (χ4n) is 2.25. The van der Waals surface area contributed by atoms with Crippen molar-refractivity contribution >= 4 is 39.1 Å². The van der Waals surface area contributed by atoms with Crippen molar-refractivity contribution in [2.24, 2.45) is 5.41 Å². The van der Waals surface area contributed by atoms with E-state index in [0.29, 0.717) is 19.4 Å². The fourth-order valence-corrected chi connectivity index (χ4v) is 3.73. The predicted octanol–water partition coefficient (Wildman–Crippen LogP) is 2.81. The number of aliphatic carboxylic acids is 1. The molecule has 104 valence electrons. The molecule has 4 nitrogen and oxygen atoms in total. The summed E-state index contributed by atoms with van der Waals surface area (Å²) < 4.78 is 1.08. The number of carbonyl (C=O) groups is 2. The van der Waals surface area contributed by atoms with Crippen molar-refractivity contribution < 1.29 is 14.7 Å². The second-order valence-electron chi connectivity index (χ2n) is 4.92. The van der Waals surface area contributed by atoms with Crippen molar-refractivity contribution in [3.8, 4) is 0 Å². The Kier molecular flexibility index (Phi) is 4.62. The second-order valence-corrected chi connectivity index (χ2v) is 7.47. The normalized spacial score (nSPS) is 16.7. The molecule has 1 aromatic heterocycles. The molecule has 1 fully saturated rings. The number of rotatable bonds is 6. The molecule has 0 saturated heterocycles. The lowest BCUT2D eigenvalue weighted by Crippen LogP contribution is -2.42. The molecular weight excluding hydrogens is 330 g/mol. The molecule has 2 N–H and O–H groups in total. The molecule has 1 aromatic rings. The summed E-state index contributed by atoms with van der Waals surface area (Å²) in [5.41, 5.74) is -0.796. The average Bonchev–Trinajstić information content (AvgIpc) is 2.69. The van der Waals surface area contributed by atoms with Crippen LogP contribution in [-0.2, 0) is 16.0 Å². The number of thiophene rings is 1. The lowest BCUT2D eigenvalue weighted by atomic mass is 9.66. The van der Waals surface area contributed by atoms with Crippen LogP contribution in [0.3, 0.4) is 0 Å². The molecule has 0 bridgehead atoms. The Morgan fingerprint density at radius 2 is 2.16 bits per heavy atom. The van der Waals surface area contributed by atoms with Crippen molar-refractivity contribution in [1.82, 2.24) is 5.32 Å². The molecule has 0 unspecified atom stereocenters. The van der Waals surface area contributed by atoms with Gasteiger partial charge in [0.05, 0.1) is 9.20 Å². The van der Waals surface area contributed by atoms with Crippen LogP contribution in [0.25, 0.3) is 0 Å². The molecule has 0 radical (unpaired) electrons. The molecule has 1 heterocycles. The van der Waals surface area contributed by atoms with Crippen LogP contribution in [0.5, 0.6) is 0 Å². The van der Waals surface area contributed by atoms with Gasteiger partial charge in [0.25, 0.3) is 0 Å². The molecule has 0 atom stereocenters. The summed E-state index contributed by atoms with van der Waals surface area (Å²) >= 11 is 5.04. The smallest absolute Gasteiger partial charge is 0.310 e. The van der Waals surface area contributed by atoms with Gasteiger partial charge in [0.2, 0.25) is 5.91 Å². The first kappa shape index (κ1) is 14.5. The predicted molar refractivity (Wildman–Crippen MR) is 77.3 cm³/mol. The van der Waals surface area contributed by atoms with Crippen molar-refractivity contribution in [2.45, 2.75) is 32.1 Å². The lowest BCUT2D eigenvalue weighted by Gasteiger charge is -2.36. The first-order valence-electron chi connectivity index (χ1n) is 6.26. The van der Waals surface area contributed by atoms with Crippen LogP contribution in [0.15, 0.2) is 15.9 Å². The van der Waals surface area contributed by atoms with Gasteiger partial charge in [-0.1, -0.05) is 6.42 Å². The number of hydrogen-bond donors (Lipinski definition) is 2. The quantitative estimate of drug-likeness (QED) is 0.832. The Bertz CT molecular complexity index is 482. The third-order valence-electron chi connectivity index (χ3n) is 3.59. The molecule has 1 aliphatic carbocycles. The third-order valence-corrected chi connectivity index (χ3v) is 5.27. The SMILES string of the molecule is O=C(CC1(C(=O)O)CCC1)NCCc1ccc(Br)s1. The molecular formula is C13H16BrNO3S. The van der Waals surface area contributed by atoms with Crippen LogP contribution in [0.4, 0.5) is 0 Å². The molecule has 2 rings (SSSR count). The highest BCUT2D eigenvalue weighted by Gasteiger charge is 2.45.